The van der Waals surface area contributed by atoms with Crippen LogP contribution in [0.4, 0.5) is 5.69 Å². The van der Waals surface area contributed by atoms with Gasteiger partial charge in [0.25, 0.3) is 0 Å². The third-order valence-electron chi connectivity index (χ3n) is 2.99. The molecule has 1 aromatic carbocycles. The third kappa shape index (κ3) is 7.73. The number of nitrogens with two attached hydrogens (primary N) is 2. The highest BCUT2D eigenvalue weighted by molar-refractivity contribution is 5.80. The molecule has 0 spiro atoms. The van der Waals surface area contributed by atoms with E-state index in [0.717, 1.165) is 16.8 Å². The first-order chi connectivity index (χ1) is 11.4. The molecule has 6 heteroatoms. The maximum Gasteiger partial charge on any atom is 0.234 e. The SMILES string of the molecule is C=C/C=C(\C=C)CC(N)C(N)=O.Cc1cc(C#N)ccc1NC=O. The second kappa shape index (κ2) is 11.4. The molecule has 1 rings (SSSR count). The van der Waals surface area contributed by atoms with E-state index in [1.807, 2.05) is 13.0 Å². The van der Waals surface area contributed by atoms with Crippen LogP contribution in [0.5, 0.6) is 0 Å². The number of carbonyl (C=O) groups excluding carboxylic acids is 2. The Kier molecular flexibility index (Phi) is 9.90. The summed E-state index contributed by atoms with van der Waals surface area (Å²) in [6.07, 6.45) is 6.02. The summed E-state index contributed by atoms with van der Waals surface area (Å²) in [5, 5.41) is 11.1. The summed E-state index contributed by atoms with van der Waals surface area (Å²) in [4.78, 5) is 20.7. The van der Waals surface area contributed by atoms with Gasteiger partial charge in [-0.25, -0.2) is 0 Å². The fraction of sp³-hybridized carbons (Fsp3) is 0.167. The van der Waals surface area contributed by atoms with Crippen molar-refractivity contribution in [1.82, 2.24) is 0 Å². The molecule has 0 saturated carbocycles. The van der Waals surface area contributed by atoms with Crippen LogP contribution in [0.2, 0.25) is 0 Å². The number of anilines is 1. The Morgan fingerprint density at radius 3 is 2.54 bits per heavy atom. The molecule has 5 N–H and O–H groups in total. The highest BCUT2D eigenvalue weighted by Crippen LogP contribution is 2.14. The van der Waals surface area contributed by atoms with Crippen LogP contribution in [0.1, 0.15) is 17.5 Å². The summed E-state index contributed by atoms with van der Waals surface area (Å²) >= 11 is 0. The molecular formula is C18H22N4O2. The molecule has 6 nitrogen and oxygen atoms in total. The summed E-state index contributed by atoms with van der Waals surface area (Å²) in [6, 6.07) is 6.48. The summed E-state index contributed by atoms with van der Waals surface area (Å²) in [5.74, 6) is -0.508. The van der Waals surface area contributed by atoms with E-state index in [4.69, 9.17) is 16.7 Å². The molecule has 1 unspecified atom stereocenters. The molecule has 0 bridgehead atoms. The Labute approximate surface area is 142 Å². The minimum atomic E-state index is -0.644. The van der Waals surface area contributed by atoms with E-state index in [-0.39, 0.29) is 0 Å². The lowest BCUT2D eigenvalue weighted by Gasteiger charge is -2.06. The minimum Gasteiger partial charge on any atom is -0.368 e. The Bertz CT molecular complexity index is 672. The Morgan fingerprint density at radius 2 is 2.12 bits per heavy atom. The first kappa shape index (κ1) is 20.8. The number of nitrogens with one attached hydrogen (secondary N) is 1. The molecule has 0 saturated heterocycles. The van der Waals surface area contributed by atoms with Gasteiger partial charge in [-0.05, 0) is 42.7 Å². The maximum atomic E-state index is 10.6. The highest BCUT2D eigenvalue weighted by atomic mass is 16.1. The first-order valence-corrected chi connectivity index (χ1v) is 7.09. The van der Waals surface area contributed by atoms with E-state index in [2.05, 4.69) is 18.5 Å². The highest BCUT2D eigenvalue weighted by Gasteiger charge is 2.09. The summed E-state index contributed by atoms with van der Waals surface area (Å²) < 4.78 is 0. The van der Waals surface area contributed by atoms with E-state index in [1.165, 1.54) is 0 Å². The summed E-state index contributed by atoms with van der Waals surface area (Å²) in [6.45, 7) is 8.93. The van der Waals surface area contributed by atoms with Crippen molar-refractivity contribution < 1.29 is 9.59 Å². The molecule has 0 aromatic heterocycles. The van der Waals surface area contributed by atoms with Crippen molar-refractivity contribution >= 4 is 18.0 Å². The molecule has 0 aliphatic carbocycles. The predicted octanol–water partition coefficient (Wildman–Crippen LogP) is 1.92. The number of nitriles is 1. The largest absolute Gasteiger partial charge is 0.368 e. The van der Waals surface area contributed by atoms with E-state index >= 15 is 0 Å². The number of aryl methyl sites for hydroxylation is 1. The van der Waals surface area contributed by atoms with Crippen LogP contribution in [0.25, 0.3) is 0 Å². The zero-order valence-corrected chi connectivity index (χ0v) is 13.7. The monoisotopic (exact) mass is 326 g/mol. The predicted molar refractivity (Wildman–Crippen MR) is 95.8 cm³/mol. The molecule has 1 atom stereocenters. The number of primary amides is 1. The van der Waals surface area contributed by atoms with E-state index < -0.39 is 11.9 Å². The van der Waals surface area contributed by atoms with Gasteiger partial charge in [-0.2, -0.15) is 5.26 Å². The van der Waals surface area contributed by atoms with Gasteiger partial charge in [0, 0.05) is 5.69 Å². The number of amides is 2. The van der Waals surface area contributed by atoms with Gasteiger partial charge in [-0.1, -0.05) is 31.4 Å². The average molecular weight is 326 g/mol. The fourth-order valence-electron chi connectivity index (χ4n) is 1.68. The molecule has 0 aliphatic heterocycles. The van der Waals surface area contributed by atoms with Crippen LogP contribution in [-0.4, -0.2) is 18.4 Å². The normalized spacial score (nSPS) is 11.1. The molecular weight excluding hydrogens is 304 g/mol. The van der Waals surface area contributed by atoms with Crippen LogP contribution in [0.15, 0.2) is 55.2 Å². The van der Waals surface area contributed by atoms with Gasteiger partial charge in [0.15, 0.2) is 0 Å². The van der Waals surface area contributed by atoms with Crippen LogP contribution >= 0.6 is 0 Å². The quantitative estimate of drug-likeness (QED) is 0.523. The van der Waals surface area contributed by atoms with Gasteiger partial charge in [0.1, 0.15) is 0 Å². The number of hydrogen-bond acceptors (Lipinski definition) is 4. The Morgan fingerprint density at radius 1 is 1.46 bits per heavy atom. The third-order valence-corrected chi connectivity index (χ3v) is 2.99. The molecule has 24 heavy (non-hydrogen) atoms. The molecule has 126 valence electrons. The van der Waals surface area contributed by atoms with E-state index in [9.17, 15) is 9.59 Å². The first-order valence-electron chi connectivity index (χ1n) is 7.09. The van der Waals surface area contributed by atoms with Crippen molar-refractivity contribution in [3.05, 3.63) is 66.3 Å². The number of benzene rings is 1. The standard InChI is InChI=1S/C9H8N2O.C9H14N2O/c1-7-4-8(5-10)2-3-9(7)11-6-12;1-3-5-7(4-2)6-8(10)9(11)12/h2-4,6H,1H3,(H,11,12);3-5,8H,1-2,6,10H2,(H2,11,12)/b;7-5+. The van der Waals surface area contributed by atoms with Crippen LogP contribution in [-0.2, 0) is 9.59 Å². The van der Waals surface area contributed by atoms with Crippen molar-refractivity contribution in [3.8, 4) is 6.07 Å². The fourth-order valence-corrected chi connectivity index (χ4v) is 1.68. The zero-order chi connectivity index (χ0) is 18.5. The molecule has 0 aliphatic rings. The second-order valence-corrected chi connectivity index (χ2v) is 4.80. The molecule has 2 amide bonds. The smallest absolute Gasteiger partial charge is 0.234 e. The lowest BCUT2D eigenvalue weighted by atomic mass is 10.1. The lowest BCUT2D eigenvalue weighted by molar-refractivity contribution is -0.119. The van der Waals surface area contributed by atoms with Gasteiger partial charge in [0.05, 0.1) is 17.7 Å². The molecule has 1 aromatic rings. The Hall–Kier alpha value is -3.17. The number of nitrogens with zero attached hydrogens (tertiary/aromatic N) is 1. The molecule has 0 radical (unpaired) electrons. The van der Waals surface area contributed by atoms with Crippen molar-refractivity contribution in [2.75, 3.05) is 5.32 Å². The van der Waals surface area contributed by atoms with Gasteiger partial charge in [-0.3, -0.25) is 9.59 Å². The lowest BCUT2D eigenvalue weighted by Crippen LogP contribution is -2.36. The second-order valence-electron chi connectivity index (χ2n) is 4.80. The van der Waals surface area contributed by atoms with Crippen LogP contribution < -0.4 is 16.8 Å². The maximum absolute atomic E-state index is 10.6. The minimum absolute atomic E-state index is 0.408. The number of rotatable bonds is 7. The van der Waals surface area contributed by atoms with Crippen molar-refractivity contribution in [3.63, 3.8) is 0 Å². The van der Waals surface area contributed by atoms with Crippen molar-refractivity contribution in [2.24, 2.45) is 11.5 Å². The van der Waals surface area contributed by atoms with Crippen molar-refractivity contribution in [1.29, 1.82) is 5.26 Å². The number of allylic oxidation sites excluding steroid dienone is 3. The summed E-state index contributed by atoms with van der Waals surface area (Å²) in [7, 11) is 0. The molecule has 0 fully saturated rings. The van der Waals surface area contributed by atoms with Crippen molar-refractivity contribution in [2.45, 2.75) is 19.4 Å². The van der Waals surface area contributed by atoms with E-state index in [1.54, 1.807) is 36.4 Å². The average Bonchev–Trinajstić information content (AvgIpc) is 2.56. The number of hydrogen-bond donors (Lipinski definition) is 3. The summed E-state index contributed by atoms with van der Waals surface area (Å²) in [5.41, 5.74) is 13.5. The number of carbonyl (C=O) groups is 2. The van der Waals surface area contributed by atoms with E-state index in [0.29, 0.717) is 18.4 Å². The molecule has 0 heterocycles. The topological polar surface area (TPSA) is 122 Å². The van der Waals surface area contributed by atoms with Crippen LogP contribution in [0, 0.1) is 18.3 Å². The zero-order valence-electron chi connectivity index (χ0n) is 13.7. The van der Waals surface area contributed by atoms with Gasteiger partial charge < -0.3 is 16.8 Å². The van der Waals surface area contributed by atoms with Gasteiger partial charge in [0.2, 0.25) is 12.3 Å². The van der Waals surface area contributed by atoms with Gasteiger partial charge >= 0.3 is 0 Å². The van der Waals surface area contributed by atoms with Gasteiger partial charge in [-0.15, -0.1) is 0 Å². The van der Waals surface area contributed by atoms with Crippen LogP contribution in [0.3, 0.4) is 0 Å². The Balaban J connectivity index is 0.000000441.